The number of hydrogen-bond acceptors (Lipinski definition) is 3. The number of nitrogens with one attached hydrogen (secondary N) is 1. The molecule has 0 aliphatic rings. The van der Waals surface area contributed by atoms with Crippen LogP contribution in [0, 0.1) is 12.8 Å². The predicted octanol–water partition coefficient (Wildman–Crippen LogP) is 4.59. The number of nitrogens with zero attached hydrogens (tertiary/aromatic N) is 1. The number of rotatable bonds is 5. The SMILES string of the molecule is Cc1ncsc1CNC(c1ccc(Cl)cc1)C(C)C. The highest BCUT2D eigenvalue weighted by atomic mass is 35.5. The van der Waals surface area contributed by atoms with Crippen molar-refractivity contribution in [2.45, 2.75) is 33.4 Å². The maximum Gasteiger partial charge on any atom is 0.0798 e. The molecule has 19 heavy (non-hydrogen) atoms. The van der Waals surface area contributed by atoms with Crippen molar-refractivity contribution in [3.63, 3.8) is 0 Å². The first kappa shape index (κ1) is 14.5. The van der Waals surface area contributed by atoms with Gasteiger partial charge in [-0.15, -0.1) is 11.3 Å². The fourth-order valence-corrected chi connectivity index (χ4v) is 2.96. The zero-order chi connectivity index (χ0) is 13.8. The molecule has 0 aliphatic carbocycles. The summed E-state index contributed by atoms with van der Waals surface area (Å²) in [5.74, 6) is 0.523. The Balaban J connectivity index is 2.08. The van der Waals surface area contributed by atoms with Crippen LogP contribution in [-0.4, -0.2) is 4.98 Å². The number of aryl methyl sites for hydroxylation is 1. The van der Waals surface area contributed by atoms with Crippen LogP contribution >= 0.6 is 22.9 Å². The van der Waals surface area contributed by atoms with Crippen molar-refractivity contribution in [1.29, 1.82) is 0 Å². The van der Waals surface area contributed by atoms with Crippen LogP contribution < -0.4 is 5.32 Å². The van der Waals surface area contributed by atoms with Crippen LogP contribution in [-0.2, 0) is 6.54 Å². The number of benzene rings is 1. The van der Waals surface area contributed by atoms with Crippen molar-refractivity contribution in [2.24, 2.45) is 5.92 Å². The smallest absolute Gasteiger partial charge is 0.0798 e. The fourth-order valence-electron chi connectivity index (χ4n) is 2.11. The summed E-state index contributed by atoms with van der Waals surface area (Å²) < 4.78 is 0. The lowest BCUT2D eigenvalue weighted by Gasteiger charge is -2.23. The molecule has 0 saturated heterocycles. The molecule has 0 aliphatic heterocycles. The van der Waals surface area contributed by atoms with E-state index < -0.39 is 0 Å². The molecular weight excluding hydrogens is 276 g/mol. The highest BCUT2D eigenvalue weighted by Crippen LogP contribution is 2.24. The van der Waals surface area contributed by atoms with E-state index in [0.29, 0.717) is 12.0 Å². The molecule has 1 atom stereocenters. The summed E-state index contributed by atoms with van der Waals surface area (Å²) in [6, 6.07) is 8.43. The normalized spacial score (nSPS) is 12.9. The Morgan fingerprint density at radius 3 is 2.47 bits per heavy atom. The molecule has 1 unspecified atom stereocenters. The molecule has 102 valence electrons. The Bertz CT molecular complexity index is 519. The zero-order valence-corrected chi connectivity index (χ0v) is 13.1. The molecule has 2 aromatic rings. The topological polar surface area (TPSA) is 24.9 Å². The van der Waals surface area contributed by atoms with Crippen molar-refractivity contribution in [1.82, 2.24) is 10.3 Å². The van der Waals surface area contributed by atoms with E-state index in [-0.39, 0.29) is 0 Å². The lowest BCUT2D eigenvalue weighted by Crippen LogP contribution is -2.25. The lowest BCUT2D eigenvalue weighted by atomic mass is 9.96. The molecule has 4 heteroatoms. The highest BCUT2D eigenvalue weighted by Gasteiger charge is 2.15. The summed E-state index contributed by atoms with van der Waals surface area (Å²) in [4.78, 5) is 5.59. The van der Waals surface area contributed by atoms with Gasteiger partial charge in [0.05, 0.1) is 11.2 Å². The first-order chi connectivity index (χ1) is 9.08. The van der Waals surface area contributed by atoms with Crippen molar-refractivity contribution >= 4 is 22.9 Å². The van der Waals surface area contributed by atoms with Crippen molar-refractivity contribution in [3.05, 3.63) is 50.9 Å². The molecule has 0 amide bonds. The maximum absolute atomic E-state index is 5.95. The molecule has 1 aromatic heterocycles. The highest BCUT2D eigenvalue weighted by molar-refractivity contribution is 7.09. The molecule has 0 bridgehead atoms. The van der Waals surface area contributed by atoms with Crippen LogP contribution in [0.15, 0.2) is 29.8 Å². The van der Waals surface area contributed by atoms with Gasteiger partial charge in [-0.3, -0.25) is 0 Å². The monoisotopic (exact) mass is 294 g/mol. The third-order valence-electron chi connectivity index (χ3n) is 3.22. The molecule has 0 radical (unpaired) electrons. The molecular formula is C15H19ClN2S. The van der Waals surface area contributed by atoms with Crippen molar-refractivity contribution < 1.29 is 0 Å². The van der Waals surface area contributed by atoms with E-state index in [2.05, 4.69) is 43.2 Å². The van der Waals surface area contributed by atoms with Gasteiger partial charge in [0.1, 0.15) is 0 Å². The van der Waals surface area contributed by atoms with Crippen LogP contribution in [0.1, 0.15) is 36.0 Å². The lowest BCUT2D eigenvalue weighted by molar-refractivity contribution is 0.411. The summed E-state index contributed by atoms with van der Waals surface area (Å²) in [5, 5.41) is 4.41. The Morgan fingerprint density at radius 2 is 1.95 bits per heavy atom. The predicted molar refractivity (Wildman–Crippen MR) is 82.7 cm³/mol. The first-order valence-corrected chi connectivity index (χ1v) is 7.71. The van der Waals surface area contributed by atoms with E-state index in [9.17, 15) is 0 Å². The Morgan fingerprint density at radius 1 is 1.26 bits per heavy atom. The third-order valence-corrected chi connectivity index (χ3v) is 4.41. The third kappa shape index (κ3) is 3.78. The van der Waals surface area contributed by atoms with E-state index in [0.717, 1.165) is 17.3 Å². The Hall–Kier alpha value is -0.900. The van der Waals surface area contributed by atoms with Crippen LogP contribution in [0.3, 0.4) is 0 Å². The number of hydrogen-bond donors (Lipinski definition) is 1. The van der Waals surface area contributed by atoms with Gasteiger partial charge < -0.3 is 5.32 Å². The van der Waals surface area contributed by atoms with Gasteiger partial charge in [0.25, 0.3) is 0 Å². The average molecular weight is 295 g/mol. The minimum atomic E-state index is 0.332. The fraction of sp³-hybridized carbons (Fsp3) is 0.400. The molecule has 0 fully saturated rings. The quantitative estimate of drug-likeness (QED) is 0.872. The second-order valence-electron chi connectivity index (χ2n) is 5.02. The van der Waals surface area contributed by atoms with Crippen molar-refractivity contribution in [2.75, 3.05) is 0 Å². The maximum atomic E-state index is 5.95. The minimum Gasteiger partial charge on any atom is -0.305 e. The van der Waals surface area contributed by atoms with Gasteiger partial charge >= 0.3 is 0 Å². The van der Waals surface area contributed by atoms with Gasteiger partial charge in [0.2, 0.25) is 0 Å². The largest absolute Gasteiger partial charge is 0.305 e. The summed E-state index contributed by atoms with van der Waals surface area (Å²) in [6.07, 6.45) is 0. The summed E-state index contributed by atoms with van der Waals surface area (Å²) in [5.41, 5.74) is 4.30. The Kier molecular flexibility index (Phi) is 4.97. The van der Waals surface area contributed by atoms with Crippen molar-refractivity contribution in [3.8, 4) is 0 Å². The zero-order valence-electron chi connectivity index (χ0n) is 11.5. The summed E-state index contributed by atoms with van der Waals surface area (Å²) in [7, 11) is 0. The van der Waals surface area contributed by atoms with Gasteiger partial charge in [-0.05, 0) is 30.5 Å². The molecule has 2 nitrogen and oxygen atoms in total. The second kappa shape index (κ2) is 6.51. The first-order valence-electron chi connectivity index (χ1n) is 6.45. The number of thiazole rings is 1. The Labute approximate surface area is 123 Å². The van der Waals surface area contributed by atoms with Crippen LogP contribution in [0.5, 0.6) is 0 Å². The number of aromatic nitrogens is 1. The summed E-state index contributed by atoms with van der Waals surface area (Å²) in [6.45, 7) is 7.37. The molecule has 1 aromatic carbocycles. The molecule has 2 rings (SSSR count). The van der Waals surface area contributed by atoms with Gasteiger partial charge in [-0.25, -0.2) is 4.98 Å². The number of halogens is 1. The van der Waals surface area contributed by atoms with Gasteiger partial charge in [0.15, 0.2) is 0 Å². The van der Waals surface area contributed by atoms with Crippen LogP contribution in [0.2, 0.25) is 5.02 Å². The molecule has 0 spiro atoms. The second-order valence-corrected chi connectivity index (χ2v) is 6.39. The van der Waals surface area contributed by atoms with E-state index in [1.54, 1.807) is 11.3 Å². The van der Waals surface area contributed by atoms with Crippen LogP contribution in [0.4, 0.5) is 0 Å². The average Bonchev–Trinajstić information content (AvgIpc) is 2.77. The van der Waals surface area contributed by atoms with E-state index in [4.69, 9.17) is 11.6 Å². The summed E-state index contributed by atoms with van der Waals surface area (Å²) >= 11 is 7.65. The minimum absolute atomic E-state index is 0.332. The van der Waals surface area contributed by atoms with E-state index >= 15 is 0 Å². The molecule has 1 heterocycles. The standard InChI is InChI=1S/C15H19ClN2S/c1-10(2)15(12-4-6-13(16)7-5-12)17-8-14-11(3)18-9-19-14/h4-7,9-10,15,17H,8H2,1-3H3. The van der Waals surface area contributed by atoms with Gasteiger partial charge in [-0.1, -0.05) is 37.6 Å². The van der Waals surface area contributed by atoms with Crippen LogP contribution in [0.25, 0.3) is 0 Å². The van der Waals surface area contributed by atoms with Gasteiger partial charge in [-0.2, -0.15) is 0 Å². The van der Waals surface area contributed by atoms with E-state index in [1.165, 1.54) is 10.4 Å². The molecule has 1 N–H and O–H groups in total. The molecule has 0 saturated carbocycles. The van der Waals surface area contributed by atoms with Gasteiger partial charge in [0, 0.05) is 22.5 Å². The van der Waals surface area contributed by atoms with E-state index in [1.807, 2.05) is 17.6 Å².